The van der Waals surface area contributed by atoms with Crippen molar-refractivity contribution in [3.05, 3.63) is 104 Å². The normalized spacial score (nSPS) is 12.6. The third-order valence-electron chi connectivity index (χ3n) is 5.97. The summed E-state index contributed by atoms with van der Waals surface area (Å²) in [6, 6.07) is 19.1. The highest BCUT2D eigenvalue weighted by atomic mass is 35.5. The predicted octanol–water partition coefficient (Wildman–Crippen LogP) is 7.40. The number of nitrogens with one attached hydrogen (secondary N) is 1. The molecule has 3 aromatic carbocycles. The average Bonchev–Trinajstić information content (AvgIpc) is 2.85. The molecule has 190 valence electrons. The molecule has 0 saturated carbocycles. The van der Waals surface area contributed by atoms with Crippen molar-refractivity contribution in [2.75, 3.05) is 0 Å². The van der Waals surface area contributed by atoms with E-state index in [0.29, 0.717) is 32.1 Å². The Morgan fingerprint density at radius 3 is 2.22 bits per heavy atom. The summed E-state index contributed by atoms with van der Waals surface area (Å²) >= 11 is 24.8. The lowest BCUT2D eigenvalue weighted by Crippen LogP contribution is -2.52. The van der Waals surface area contributed by atoms with Gasteiger partial charge in [-0.1, -0.05) is 95.8 Å². The van der Waals surface area contributed by atoms with Crippen molar-refractivity contribution in [3.63, 3.8) is 0 Å². The summed E-state index contributed by atoms with van der Waals surface area (Å²) in [4.78, 5) is 28.9. The Labute approximate surface area is 232 Å². The van der Waals surface area contributed by atoms with E-state index in [1.165, 1.54) is 0 Å². The second-order valence-electron chi connectivity index (χ2n) is 8.71. The molecular formula is C28H28Cl4N2O2. The molecule has 0 unspecified atom stereocenters. The molecule has 8 heteroatoms. The van der Waals surface area contributed by atoms with Gasteiger partial charge >= 0.3 is 0 Å². The zero-order chi connectivity index (χ0) is 26.2. The summed E-state index contributed by atoms with van der Waals surface area (Å²) in [7, 11) is 0. The number of carbonyl (C=O) groups excluding carboxylic acids is 2. The monoisotopic (exact) mass is 564 g/mol. The summed E-state index contributed by atoms with van der Waals surface area (Å²) in [5.74, 6) is -0.464. The number of amides is 2. The summed E-state index contributed by atoms with van der Waals surface area (Å²) in [5.41, 5.74) is 2.33. The largest absolute Gasteiger partial charge is 0.352 e. The van der Waals surface area contributed by atoms with Crippen molar-refractivity contribution in [2.45, 2.75) is 51.7 Å². The van der Waals surface area contributed by atoms with E-state index in [0.717, 1.165) is 17.5 Å². The first-order valence-corrected chi connectivity index (χ1v) is 13.2. The molecule has 36 heavy (non-hydrogen) atoms. The lowest BCUT2D eigenvalue weighted by molar-refractivity contribution is -0.141. The van der Waals surface area contributed by atoms with Crippen molar-refractivity contribution in [3.8, 4) is 0 Å². The summed E-state index contributed by atoms with van der Waals surface area (Å²) in [6.45, 7) is 4.11. The molecule has 0 heterocycles. The maximum atomic E-state index is 13.8. The number of hydrogen-bond acceptors (Lipinski definition) is 2. The zero-order valence-corrected chi connectivity index (χ0v) is 23.1. The minimum absolute atomic E-state index is 0.0131. The van der Waals surface area contributed by atoms with E-state index in [-0.39, 0.29) is 30.8 Å². The van der Waals surface area contributed by atoms with E-state index in [1.54, 1.807) is 41.3 Å². The number of benzene rings is 3. The second kappa shape index (κ2) is 13.3. The molecule has 0 bridgehead atoms. The van der Waals surface area contributed by atoms with Crippen molar-refractivity contribution in [2.24, 2.45) is 0 Å². The molecular weight excluding hydrogens is 538 g/mol. The molecule has 1 N–H and O–H groups in total. The first-order chi connectivity index (χ1) is 17.2. The first-order valence-electron chi connectivity index (χ1n) is 11.7. The van der Waals surface area contributed by atoms with Gasteiger partial charge < -0.3 is 10.2 Å². The van der Waals surface area contributed by atoms with Crippen LogP contribution >= 0.6 is 46.4 Å². The molecule has 0 aromatic heterocycles. The van der Waals surface area contributed by atoms with Gasteiger partial charge in [0, 0.05) is 29.1 Å². The van der Waals surface area contributed by atoms with Crippen LogP contribution in [0.3, 0.4) is 0 Å². The van der Waals surface area contributed by atoms with Crippen molar-refractivity contribution in [1.82, 2.24) is 10.2 Å². The average molecular weight is 566 g/mol. The Balaban J connectivity index is 2.01. The molecule has 0 radical (unpaired) electrons. The highest BCUT2D eigenvalue weighted by molar-refractivity contribution is 6.42. The third-order valence-corrected chi connectivity index (χ3v) is 7.29. The molecule has 0 spiro atoms. The molecule has 0 aliphatic heterocycles. The molecule has 0 aliphatic carbocycles. The Bertz CT molecular complexity index is 1200. The number of carbonyl (C=O) groups is 2. The molecule has 2 amide bonds. The number of halogens is 4. The van der Waals surface area contributed by atoms with Crippen LogP contribution in [0.4, 0.5) is 0 Å². The molecule has 2 atom stereocenters. The maximum absolute atomic E-state index is 13.8. The summed E-state index contributed by atoms with van der Waals surface area (Å²) in [5, 5.41) is 4.73. The fraction of sp³-hybridized carbons (Fsp3) is 0.286. The standard InChI is InChI=1S/C28H28Cl4N2O2/c1-3-18(2)33-28(36)26(14-19-7-5-4-6-8-19)34(17-20-9-12-23(30)25(32)13-20)27(35)15-21-10-11-22(29)16-24(21)31/h4-13,16,18,26H,3,14-15,17H2,1-2H3,(H,33,36)/t18-,26+/m1/s1. The van der Waals surface area contributed by atoms with E-state index in [1.807, 2.05) is 44.2 Å². The van der Waals surface area contributed by atoms with Crippen LogP contribution in [0, 0.1) is 0 Å². The Morgan fingerprint density at radius 2 is 1.58 bits per heavy atom. The quantitative estimate of drug-likeness (QED) is 0.278. The Kier molecular flexibility index (Phi) is 10.5. The Hall–Kier alpha value is -2.24. The highest BCUT2D eigenvalue weighted by Crippen LogP contribution is 2.26. The van der Waals surface area contributed by atoms with Crippen LogP contribution in [0.25, 0.3) is 0 Å². The van der Waals surface area contributed by atoms with Gasteiger partial charge in [-0.3, -0.25) is 9.59 Å². The molecule has 3 rings (SSSR count). The fourth-order valence-electron chi connectivity index (χ4n) is 3.76. The van der Waals surface area contributed by atoms with Crippen LogP contribution in [0.1, 0.15) is 37.0 Å². The van der Waals surface area contributed by atoms with Gasteiger partial charge in [-0.15, -0.1) is 0 Å². The van der Waals surface area contributed by atoms with Crippen LogP contribution in [0.15, 0.2) is 66.7 Å². The zero-order valence-electron chi connectivity index (χ0n) is 20.1. The highest BCUT2D eigenvalue weighted by Gasteiger charge is 2.31. The lowest BCUT2D eigenvalue weighted by atomic mass is 10.0. The van der Waals surface area contributed by atoms with E-state index in [9.17, 15) is 9.59 Å². The van der Waals surface area contributed by atoms with Crippen LogP contribution in [0.2, 0.25) is 20.1 Å². The van der Waals surface area contributed by atoms with Crippen molar-refractivity contribution < 1.29 is 9.59 Å². The second-order valence-corrected chi connectivity index (χ2v) is 10.4. The Morgan fingerprint density at radius 1 is 0.861 bits per heavy atom. The molecule has 0 saturated heterocycles. The van der Waals surface area contributed by atoms with Crippen molar-refractivity contribution in [1.29, 1.82) is 0 Å². The minimum atomic E-state index is -0.755. The van der Waals surface area contributed by atoms with E-state index < -0.39 is 6.04 Å². The lowest BCUT2D eigenvalue weighted by Gasteiger charge is -2.32. The van der Waals surface area contributed by atoms with Crippen LogP contribution in [-0.4, -0.2) is 28.8 Å². The predicted molar refractivity (Wildman–Crippen MR) is 149 cm³/mol. The van der Waals surface area contributed by atoms with Crippen LogP contribution in [0.5, 0.6) is 0 Å². The van der Waals surface area contributed by atoms with Gasteiger partial charge in [0.1, 0.15) is 6.04 Å². The van der Waals surface area contributed by atoms with Gasteiger partial charge in [0.05, 0.1) is 16.5 Å². The number of hydrogen-bond donors (Lipinski definition) is 1. The van der Waals surface area contributed by atoms with E-state index >= 15 is 0 Å². The van der Waals surface area contributed by atoms with E-state index in [4.69, 9.17) is 46.4 Å². The number of nitrogens with zero attached hydrogens (tertiary/aromatic N) is 1. The topological polar surface area (TPSA) is 49.4 Å². The third kappa shape index (κ3) is 7.88. The SMILES string of the molecule is CC[C@@H](C)NC(=O)[C@H](Cc1ccccc1)N(Cc1ccc(Cl)c(Cl)c1)C(=O)Cc1ccc(Cl)cc1Cl. The first kappa shape index (κ1) is 28.3. The van der Waals surface area contributed by atoms with Crippen LogP contribution in [-0.2, 0) is 29.0 Å². The summed E-state index contributed by atoms with van der Waals surface area (Å²) in [6.07, 6.45) is 1.13. The minimum Gasteiger partial charge on any atom is -0.352 e. The fourth-order valence-corrected chi connectivity index (χ4v) is 4.56. The van der Waals surface area contributed by atoms with Crippen molar-refractivity contribution >= 4 is 58.2 Å². The van der Waals surface area contributed by atoms with Crippen LogP contribution < -0.4 is 5.32 Å². The number of rotatable bonds is 10. The smallest absolute Gasteiger partial charge is 0.243 e. The van der Waals surface area contributed by atoms with E-state index in [2.05, 4.69) is 5.32 Å². The van der Waals surface area contributed by atoms with Gasteiger partial charge in [0.15, 0.2) is 0 Å². The van der Waals surface area contributed by atoms with Gasteiger partial charge in [0.2, 0.25) is 11.8 Å². The van der Waals surface area contributed by atoms with Gasteiger partial charge in [-0.25, -0.2) is 0 Å². The van der Waals surface area contributed by atoms with Gasteiger partial charge in [-0.2, -0.15) is 0 Å². The summed E-state index contributed by atoms with van der Waals surface area (Å²) < 4.78 is 0. The van der Waals surface area contributed by atoms with Gasteiger partial charge in [-0.05, 0) is 54.3 Å². The molecule has 3 aromatic rings. The molecule has 0 fully saturated rings. The molecule has 0 aliphatic rings. The maximum Gasteiger partial charge on any atom is 0.243 e. The molecule has 4 nitrogen and oxygen atoms in total. The van der Waals surface area contributed by atoms with Gasteiger partial charge in [0.25, 0.3) is 0 Å².